The zero-order valence-electron chi connectivity index (χ0n) is 18.3. The number of ether oxygens (including phenoxy) is 1. The number of amides is 1. The lowest BCUT2D eigenvalue weighted by atomic mass is 10.1. The van der Waals surface area contributed by atoms with Gasteiger partial charge in [0.15, 0.2) is 0 Å². The standard InChI is InChI=1S/C25H34N4O2/c1-2-23(5-3-12-26)31-24-17-19(6-7-20(24)18-27-21-8-9-21)25(30)29-14-4-13-28(15-16-29)22-10-11-22/h2-3,5-7,12,17,21-22,27H,1,4,8-11,13-16,18,26H2/b12-3-,23-5+. The number of nitrogens with two attached hydrogens (primary N) is 1. The highest BCUT2D eigenvalue weighted by Crippen LogP contribution is 2.29. The van der Waals surface area contributed by atoms with Crippen molar-refractivity contribution in [3.63, 3.8) is 0 Å². The second-order valence-corrected chi connectivity index (χ2v) is 8.65. The Kier molecular flexibility index (Phi) is 7.10. The molecule has 3 N–H and O–H groups in total. The van der Waals surface area contributed by atoms with Crippen LogP contribution >= 0.6 is 0 Å². The first kappa shape index (κ1) is 21.7. The van der Waals surface area contributed by atoms with Crippen molar-refractivity contribution in [1.82, 2.24) is 15.1 Å². The summed E-state index contributed by atoms with van der Waals surface area (Å²) in [6.07, 6.45) is 12.7. The van der Waals surface area contributed by atoms with Crippen LogP contribution in [0.5, 0.6) is 5.75 Å². The summed E-state index contributed by atoms with van der Waals surface area (Å²) in [5.74, 6) is 1.36. The molecular weight excluding hydrogens is 388 g/mol. The number of rotatable bonds is 9. The van der Waals surface area contributed by atoms with Gasteiger partial charge in [0, 0.05) is 55.9 Å². The highest BCUT2D eigenvalue weighted by Gasteiger charge is 2.31. The van der Waals surface area contributed by atoms with E-state index in [0.717, 1.165) is 44.2 Å². The van der Waals surface area contributed by atoms with E-state index in [1.54, 1.807) is 18.2 Å². The average molecular weight is 423 g/mol. The molecule has 1 saturated heterocycles. The van der Waals surface area contributed by atoms with Crippen molar-refractivity contribution in [1.29, 1.82) is 0 Å². The Labute approximate surface area is 185 Å². The van der Waals surface area contributed by atoms with Gasteiger partial charge in [-0.1, -0.05) is 12.6 Å². The van der Waals surface area contributed by atoms with Crippen LogP contribution in [0.15, 0.2) is 55.0 Å². The van der Waals surface area contributed by atoms with E-state index in [0.29, 0.717) is 29.7 Å². The molecule has 4 rings (SSSR count). The molecule has 166 valence electrons. The molecule has 0 aromatic heterocycles. The van der Waals surface area contributed by atoms with E-state index < -0.39 is 0 Å². The molecule has 0 radical (unpaired) electrons. The molecule has 6 heteroatoms. The molecule has 0 spiro atoms. The van der Waals surface area contributed by atoms with Gasteiger partial charge in [0.05, 0.1) is 0 Å². The van der Waals surface area contributed by atoms with Crippen LogP contribution in [-0.2, 0) is 6.54 Å². The minimum absolute atomic E-state index is 0.0789. The lowest BCUT2D eigenvalue weighted by Crippen LogP contribution is -2.35. The Balaban J connectivity index is 1.50. The molecule has 1 aromatic carbocycles. The van der Waals surface area contributed by atoms with Crippen molar-refractivity contribution >= 4 is 5.91 Å². The van der Waals surface area contributed by atoms with Gasteiger partial charge in [-0.2, -0.15) is 0 Å². The molecule has 2 saturated carbocycles. The number of hydrogen-bond donors (Lipinski definition) is 2. The van der Waals surface area contributed by atoms with Gasteiger partial charge in [-0.3, -0.25) is 9.69 Å². The van der Waals surface area contributed by atoms with Crippen LogP contribution in [0.2, 0.25) is 0 Å². The molecule has 1 amide bonds. The van der Waals surface area contributed by atoms with Crippen molar-refractivity contribution in [2.75, 3.05) is 26.2 Å². The highest BCUT2D eigenvalue weighted by atomic mass is 16.5. The zero-order valence-corrected chi connectivity index (χ0v) is 18.3. The summed E-state index contributed by atoms with van der Waals surface area (Å²) >= 11 is 0. The summed E-state index contributed by atoms with van der Waals surface area (Å²) in [6.45, 7) is 8.20. The second kappa shape index (κ2) is 10.2. The van der Waals surface area contributed by atoms with Crippen molar-refractivity contribution in [2.24, 2.45) is 5.73 Å². The molecule has 0 atom stereocenters. The van der Waals surface area contributed by atoms with Crippen LogP contribution in [0.3, 0.4) is 0 Å². The Morgan fingerprint density at radius 1 is 1.19 bits per heavy atom. The average Bonchev–Trinajstić information content (AvgIpc) is 3.67. The zero-order chi connectivity index (χ0) is 21.6. The summed E-state index contributed by atoms with van der Waals surface area (Å²) in [5.41, 5.74) is 7.16. The number of carbonyl (C=O) groups is 1. The minimum Gasteiger partial charge on any atom is -0.457 e. The normalized spacial score (nSPS) is 20.6. The molecule has 1 aromatic rings. The van der Waals surface area contributed by atoms with Crippen LogP contribution in [0.1, 0.15) is 48.0 Å². The van der Waals surface area contributed by atoms with Gasteiger partial charge in [-0.25, -0.2) is 0 Å². The highest BCUT2D eigenvalue weighted by molar-refractivity contribution is 5.94. The SMILES string of the molecule is C=C/C(=C\C=C/N)Oc1cc(C(=O)N2CCCN(C3CC3)CC2)ccc1CNC1CC1. The first-order chi connectivity index (χ1) is 15.2. The summed E-state index contributed by atoms with van der Waals surface area (Å²) in [6, 6.07) is 7.15. The third-order valence-corrected chi connectivity index (χ3v) is 6.15. The molecule has 31 heavy (non-hydrogen) atoms. The number of nitrogens with one attached hydrogen (secondary N) is 1. The first-order valence-corrected chi connectivity index (χ1v) is 11.5. The molecule has 0 bridgehead atoms. The van der Waals surface area contributed by atoms with E-state index in [1.807, 2.05) is 23.1 Å². The summed E-state index contributed by atoms with van der Waals surface area (Å²) in [4.78, 5) is 17.8. The predicted molar refractivity (Wildman–Crippen MR) is 124 cm³/mol. The van der Waals surface area contributed by atoms with Crippen LogP contribution in [0.25, 0.3) is 0 Å². The fourth-order valence-electron chi connectivity index (χ4n) is 4.02. The van der Waals surface area contributed by atoms with E-state index in [-0.39, 0.29) is 5.91 Å². The van der Waals surface area contributed by atoms with Gasteiger partial charge in [0.2, 0.25) is 0 Å². The molecule has 1 heterocycles. The molecule has 2 aliphatic carbocycles. The summed E-state index contributed by atoms with van der Waals surface area (Å²) in [5, 5.41) is 3.53. The van der Waals surface area contributed by atoms with Crippen LogP contribution in [0.4, 0.5) is 0 Å². The molecule has 0 unspecified atom stereocenters. The summed E-state index contributed by atoms with van der Waals surface area (Å²) in [7, 11) is 0. The van der Waals surface area contributed by atoms with Gasteiger partial charge in [0.1, 0.15) is 11.5 Å². The van der Waals surface area contributed by atoms with Crippen molar-refractivity contribution in [3.05, 3.63) is 66.1 Å². The van der Waals surface area contributed by atoms with E-state index in [4.69, 9.17) is 10.5 Å². The summed E-state index contributed by atoms with van der Waals surface area (Å²) < 4.78 is 6.13. The number of allylic oxidation sites excluding steroid dienone is 3. The lowest BCUT2D eigenvalue weighted by Gasteiger charge is -2.22. The minimum atomic E-state index is 0.0789. The van der Waals surface area contributed by atoms with Gasteiger partial charge < -0.3 is 20.7 Å². The fraction of sp³-hybridized carbons (Fsp3) is 0.480. The fourth-order valence-corrected chi connectivity index (χ4v) is 4.02. The number of nitrogens with zero attached hydrogens (tertiary/aromatic N) is 2. The third kappa shape index (κ3) is 5.99. The topological polar surface area (TPSA) is 70.8 Å². The Bertz CT molecular complexity index is 855. The number of carbonyl (C=O) groups excluding carboxylic acids is 1. The van der Waals surface area contributed by atoms with Gasteiger partial charge in [0.25, 0.3) is 5.91 Å². The Morgan fingerprint density at radius 3 is 2.74 bits per heavy atom. The Hall–Kier alpha value is -2.57. The second-order valence-electron chi connectivity index (χ2n) is 8.65. The van der Waals surface area contributed by atoms with Gasteiger partial charge >= 0.3 is 0 Å². The van der Waals surface area contributed by atoms with Crippen molar-refractivity contribution in [2.45, 2.75) is 50.7 Å². The van der Waals surface area contributed by atoms with Crippen LogP contribution in [-0.4, -0.2) is 54.0 Å². The predicted octanol–water partition coefficient (Wildman–Crippen LogP) is 3.17. The third-order valence-electron chi connectivity index (χ3n) is 6.15. The van der Waals surface area contributed by atoms with E-state index in [9.17, 15) is 4.79 Å². The van der Waals surface area contributed by atoms with Crippen molar-refractivity contribution in [3.8, 4) is 5.75 Å². The molecule has 1 aliphatic heterocycles. The largest absolute Gasteiger partial charge is 0.457 e. The maximum absolute atomic E-state index is 13.3. The molecule has 3 aliphatic rings. The smallest absolute Gasteiger partial charge is 0.254 e. The maximum atomic E-state index is 13.3. The quantitative estimate of drug-likeness (QED) is 0.473. The first-order valence-electron chi connectivity index (χ1n) is 11.5. The van der Waals surface area contributed by atoms with Gasteiger partial charge in [-0.15, -0.1) is 0 Å². The van der Waals surface area contributed by atoms with E-state index in [2.05, 4.69) is 16.8 Å². The molecule has 3 fully saturated rings. The lowest BCUT2D eigenvalue weighted by molar-refractivity contribution is 0.0760. The van der Waals surface area contributed by atoms with Crippen LogP contribution < -0.4 is 15.8 Å². The Morgan fingerprint density at radius 2 is 2.03 bits per heavy atom. The number of hydrogen-bond acceptors (Lipinski definition) is 5. The van der Waals surface area contributed by atoms with E-state index >= 15 is 0 Å². The molecular formula is C25H34N4O2. The molecule has 6 nitrogen and oxygen atoms in total. The van der Waals surface area contributed by atoms with Crippen molar-refractivity contribution < 1.29 is 9.53 Å². The monoisotopic (exact) mass is 422 g/mol. The maximum Gasteiger partial charge on any atom is 0.254 e. The number of benzene rings is 1. The van der Waals surface area contributed by atoms with Gasteiger partial charge in [-0.05, 0) is 68.7 Å². The van der Waals surface area contributed by atoms with E-state index in [1.165, 1.54) is 31.9 Å². The van der Waals surface area contributed by atoms with Crippen LogP contribution in [0, 0.1) is 0 Å².